The molecule has 0 aliphatic carbocycles. The van der Waals surface area contributed by atoms with Crippen LogP contribution in [-0.4, -0.2) is 73.2 Å². The van der Waals surface area contributed by atoms with Crippen LogP contribution in [0.25, 0.3) is 0 Å². The predicted molar refractivity (Wildman–Crippen MR) is 159 cm³/mol. The van der Waals surface area contributed by atoms with Gasteiger partial charge in [-0.15, -0.1) is 0 Å². The van der Waals surface area contributed by atoms with E-state index in [-0.39, 0.29) is 38.4 Å². The third-order valence-electron chi connectivity index (χ3n) is 7.92. The van der Waals surface area contributed by atoms with Crippen molar-refractivity contribution < 1.29 is 33.8 Å². The molecular formula is C33H41N3O7. The van der Waals surface area contributed by atoms with Gasteiger partial charge < -0.3 is 30.1 Å². The average molecular weight is 592 g/mol. The second kappa shape index (κ2) is 16.0. The van der Waals surface area contributed by atoms with E-state index < -0.39 is 47.8 Å². The lowest BCUT2D eigenvalue weighted by Crippen LogP contribution is -2.50. The molecule has 43 heavy (non-hydrogen) atoms. The zero-order valence-corrected chi connectivity index (χ0v) is 24.5. The summed E-state index contributed by atoms with van der Waals surface area (Å²) in [5, 5.41) is 15.7. The molecule has 1 saturated heterocycles. The van der Waals surface area contributed by atoms with E-state index in [0.717, 1.165) is 12.8 Å². The molecule has 4 unspecified atom stereocenters. The first-order valence-corrected chi connectivity index (χ1v) is 14.8. The van der Waals surface area contributed by atoms with Gasteiger partial charge in [-0.05, 0) is 36.8 Å². The molecule has 10 nitrogen and oxygen atoms in total. The van der Waals surface area contributed by atoms with Gasteiger partial charge in [0.25, 0.3) is 0 Å². The van der Waals surface area contributed by atoms with E-state index in [1.165, 1.54) is 7.11 Å². The predicted octanol–water partition coefficient (Wildman–Crippen LogP) is 2.85. The number of benzene rings is 2. The fraction of sp³-hybridized carbons (Fsp3) is 0.455. The number of rotatable bonds is 9. The number of nitrogens with zero attached hydrogens (tertiary/aromatic N) is 1. The third-order valence-corrected chi connectivity index (χ3v) is 7.92. The molecule has 2 aliphatic heterocycles. The molecule has 230 valence electrons. The number of hydrogen-bond acceptors (Lipinski definition) is 7. The van der Waals surface area contributed by atoms with Crippen LogP contribution < -0.4 is 10.6 Å². The maximum Gasteiger partial charge on any atom is 0.310 e. The molecule has 2 aromatic rings. The van der Waals surface area contributed by atoms with E-state index in [4.69, 9.17) is 9.47 Å². The number of nitrogens with one attached hydrogen (secondary N) is 2. The van der Waals surface area contributed by atoms with Gasteiger partial charge in [-0.2, -0.15) is 0 Å². The molecule has 0 spiro atoms. The van der Waals surface area contributed by atoms with Crippen LogP contribution in [0.4, 0.5) is 0 Å². The van der Waals surface area contributed by atoms with Crippen LogP contribution in [0.2, 0.25) is 0 Å². The first kappa shape index (κ1) is 31.9. The molecule has 1 fully saturated rings. The number of ether oxygens (including phenoxy) is 2. The van der Waals surface area contributed by atoms with Crippen molar-refractivity contribution >= 4 is 23.7 Å². The second-order valence-electron chi connectivity index (χ2n) is 11.0. The van der Waals surface area contributed by atoms with Crippen molar-refractivity contribution in [2.45, 2.75) is 50.3 Å². The number of methoxy groups -OCH3 is 1. The minimum Gasteiger partial charge on any atom is -0.455 e. The van der Waals surface area contributed by atoms with Crippen LogP contribution in [0.3, 0.4) is 0 Å². The molecule has 0 aromatic heterocycles. The quantitative estimate of drug-likeness (QED) is 0.232. The van der Waals surface area contributed by atoms with E-state index in [0.29, 0.717) is 24.2 Å². The first-order valence-electron chi connectivity index (χ1n) is 14.8. The van der Waals surface area contributed by atoms with Gasteiger partial charge in [-0.25, -0.2) is 0 Å². The molecule has 10 heteroatoms. The Balaban J connectivity index is 1.63. The summed E-state index contributed by atoms with van der Waals surface area (Å²) in [6, 6.07) is 16.5. The highest BCUT2D eigenvalue weighted by molar-refractivity contribution is 6.00. The molecule has 3 N–H and O–H groups in total. The minimum atomic E-state index is -1.13. The largest absolute Gasteiger partial charge is 0.455 e. The maximum absolute atomic E-state index is 13.7. The first-order chi connectivity index (χ1) is 20.9. The Labute approximate surface area is 252 Å². The van der Waals surface area contributed by atoms with Crippen LogP contribution in [-0.2, 0) is 28.7 Å². The van der Waals surface area contributed by atoms with Gasteiger partial charge in [0.2, 0.25) is 17.7 Å². The van der Waals surface area contributed by atoms with Gasteiger partial charge >= 0.3 is 5.97 Å². The van der Waals surface area contributed by atoms with Crippen molar-refractivity contribution in [3.05, 3.63) is 83.9 Å². The Morgan fingerprint density at radius 2 is 1.67 bits per heavy atom. The number of cyclic esters (lactones) is 1. The van der Waals surface area contributed by atoms with Gasteiger partial charge in [-0.3, -0.25) is 19.2 Å². The Bertz CT molecular complexity index is 1250. The summed E-state index contributed by atoms with van der Waals surface area (Å²) in [6.07, 6.45) is 4.65. The van der Waals surface area contributed by atoms with Crippen molar-refractivity contribution in [3.63, 3.8) is 0 Å². The normalized spacial score (nSPS) is 23.8. The van der Waals surface area contributed by atoms with Crippen molar-refractivity contribution in [2.24, 2.45) is 11.8 Å². The molecule has 2 aliphatic rings. The van der Waals surface area contributed by atoms with Gasteiger partial charge in [0.15, 0.2) is 0 Å². The van der Waals surface area contributed by atoms with Crippen LogP contribution in [0.5, 0.6) is 0 Å². The third kappa shape index (κ3) is 8.75. The Hall–Kier alpha value is -4.02. The SMILES string of the molecule is COCC1NC(=O)C(C(=O)N[C@@H](CO)c2ccccc2)CC=CCC(CC(=O)N2CCCC2)C(=O)OC1c1ccccc1. The Morgan fingerprint density at radius 1 is 1.02 bits per heavy atom. The molecule has 0 radical (unpaired) electrons. The zero-order valence-electron chi connectivity index (χ0n) is 24.5. The number of hydrogen-bond donors (Lipinski definition) is 3. The summed E-state index contributed by atoms with van der Waals surface area (Å²) in [6.45, 7) is 1.02. The summed E-state index contributed by atoms with van der Waals surface area (Å²) in [7, 11) is 1.47. The number of likely N-dealkylation sites (tertiary alicyclic amines) is 1. The lowest BCUT2D eigenvalue weighted by Gasteiger charge is -2.31. The maximum atomic E-state index is 13.7. The van der Waals surface area contributed by atoms with E-state index >= 15 is 0 Å². The number of amides is 3. The smallest absolute Gasteiger partial charge is 0.310 e. The summed E-state index contributed by atoms with van der Waals surface area (Å²) in [5.74, 6) is -3.61. The Morgan fingerprint density at radius 3 is 2.33 bits per heavy atom. The number of aliphatic hydroxyl groups is 1. The minimum absolute atomic E-state index is 0.00339. The standard InChI is InChI=1S/C33H41N3O7/c1-42-22-28-30(24-14-6-3-7-15-24)43-33(41)25(20-29(38)36-18-10-11-19-36)16-8-9-17-26(32(40)35-28)31(39)34-27(21-37)23-12-4-2-5-13-23/h2-9,12-15,25-28,30,37H,10-11,16-22H2,1H3,(H,34,39)(H,35,40)/t25?,26?,27-,28?,30?/m0/s1. The number of allylic oxidation sites excluding steroid dienone is 2. The zero-order chi connectivity index (χ0) is 30.6. The highest BCUT2D eigenvalue weighted by Crippen LogP contribution is 2.27. The average Bonchev–Trinajstić information content (AvgIpc) is 3.57. The van der Waals surface area contributed by atoms with Crippen LogP contribution in [0.15, 0.2) is 72.8 Å². The molecule has 5 atom stereocenters. The van der Waals surface area contributed by atoms with Gasteiger partial charge in [0.1, 0.15) is 12.0 Å². The molecule has 3 amide bonds. The van der Waals surface area contributed by atoms with E-state index in [2.05, 4.69) is 10.6 Å². The van der Waals surface area contributed by atoms with Crippen LogP contribution >= 0.6 is 0 Å². The second-order valence-corrected chi connectivity index (χ2v) is 11.0. The molecule has 2 aromatic carbocycles. The summed E-state index contributed by atoms with van der Waals surface area (Å²) in [4.78, 5) is 55.6. The summed E-state index contributed by atoms with van der Waals surface area (Å²) < 4.78 is 11.5. The van der Waals surface area contributed by atoms with Gasteiger partial charge in [-0.1, -0.05) is 72.8 Å². The fourth-order valence-electron chi connectivity index (χ4n) is 5.50. The highest BCUT2D eigenvalue weighted by Gasteiger charge is 2.36. The summed E-state index contributed by atoms with van der Waals surface area (Å²) in [5.41, 5.74) is 1.35. The van der Waals surface area contributed by atoms with Crippen LogP contribution in [0, 0.1) is 11.8 Å². The highest BCUT2D eigenvalue weighted by atomic mass is 16.5. The summed E-state index contributed by atoms with van der Waals surface area (Å²) >= 11 is 0. The van der Waals surface area contributed by atoms with Gasteiger partial charge in [0, 0.05) is 26.6 Å². The van der Waals surface area contributed by atoms with E-state index in [1.54, 1.807) is 65.6 Å². The van der Waals surface area contributed by atoms with E-state index in [9.17, 15) is 24.3 Å². The lowest BCUT2D eigenvalue weighted by molar-refractivity contribution is -0.160. The number of carbonyl (C=O) groups excluding carboxylic acids is 4. The monoisotopic (exact) mass is 591 g/mol. The molecule has 2 heterocycles. The molecule has 0 bridgehead atoms. The Kier molecular flexibility index (Phi) is 11.9. The number of aliphatic hydroxyl groups excluding tert-OH is 1. The topological polar surface area (TPSA) is 134 Å². The molecular weight excluding hydrogens is 550 g/mol. The van der Waals surface area contributed by atoms with E-state index in [1.807, 2.05) is 12.1 Å². The van der Waals surface area contributed by atoms with Crippen molar-refractivity contribution in [1.29, 1.82) is 0 Å². The number of carbonyl (C=O) groups is 4. The van der Waals surface area contributed by atoms with Gasteiger partial charge in [0.05, 0.1) is 31.2 Å². The number of esters is 1. The fourth-order valence-corrected chi connectivity index (χ4v) is 5.50. The molecule has 4 rings (SSSR count). The van der Waals surface area contributed by atoms with Crippen LogP contribution in [0.1, 0.15) is 55.4 Å². The van der Waals surface area contributed by atoms with Crippen molar-refractivity contribution in [2.75, 3.05) is 33.4 Å². The van der Waals surface area contributed by atoms with Crippen molar-refractivity contribution in [3.8, 4) is 0 Å². The van der Waals surface area contributed by atoms with Crippen molar-refractivity contribution in [1.82, 2.24) is 15.5 Å². The lowest BCUT2D eigenvalue weighted by atomic mass is 9.95. The molecule has 0 saturated carbocycles.